The van der Waals surface area contributed by atoms with Crippen LogP contribution in [0.3, 0.4) is 0 Å². The van der Waals surface area contributed by atoms with Crippen LogP contribution in [0.25, 0.3) is 0 Å². The molecular weight excluding hydrogens is 330 g/mol. The lowest BCUT2D eigenvalue weighted by atomic mass is 10.2. The highest BCUT2D eigenvalue weighted by Gasteiger charge is 2.22. The second-order valence-electron chi connectivity index (χ2n) is 6.29. The summed E-state index contributed by atoms with van der Waals surface area (Å²) in [5.41, 5.74) is 2.66. The monoisotopic (exact) mass is 353 g/mol. The van der Waals surface area contributed by atoms with Crippen LogP contribution in [0.4, 0.5) is 11.6 Å². The summed E-state index contributed by atoms with van der Waals surface area (Å²) >= 11 is 0. The van der Waals surface area contributed by atoms with Gasteiger partial charge in [-0.05, 0) is 31.5 Å². The molecule has 1 aliphatic heterocycles. The van der Waals surface area contributed by atoms with Gasteiger partial charge < -0.3 is 14.7 Å². The Labute approximate surface area is 153 Å². The van der Waals surface area contributed by atoms with Crippen LogP contribution in [-0.4, -0.2) is 64.8 Å². The minimum Gasteiger partial charge on any atom is -0.342 e. The van der Waals surface area contributed by atoms with E-state index in [-0.39, 0.29) is 5.91 Å². The summed E-state index contributed by atoms with van der Waals surface area (Å²) in [7, 11) is 0. The average molecular weight is 353 g/mol. The fourth-order valence-electron chi connectivity index (χ4n) is 3.02. The van der Waals surface area contributed by atoms with Gasteiger partial charge in [-0.1, -0.05) is 12.1 Å². The van der Waals surface area contributed by atoms with Gasteiger partial charge in [0.05, 0.1) is 5.56 Å². The highest BCUT2D eigenvalue weighted by molar-refractivity contribution is 5.93. The van der Waals surface area contributed by atoms with Crippen molar-refractivity contribution in [3.63, 3.8) is 0 Å². The zero-order valence-electron chi connectivity index (χ0n) is 15.1. The molecule has 1 aliphatic rings. The Kier molecular flexibility index (Phi) is 5.46. The third kappa shape index (κ3) is 3.82. The largest absolute Gasteiger partial charge is 0.342 e. The highest BCUT2D eigenvalue weighted by atomic mass is 16.2. The number of aryl methyl sites for hydroxylation is 1. The Hall–Kier alpha value is -2.96. The molecule has 0 bridgehead atoms. The minimum atomic E-state index is -0.0966. The molecule has 26 heavy (non-hydrogen) atoms. The van der Waals surface area contributed by atoms with Gasteiger partial charge in [-0.2, -0.15) is 0 Å². The van der Waals surface area contributed by atoms with Gasteiger partial charge in [0.25, 0.3) is 5.91 Å². The topological polar surface area (TPSA) is 69.6 Å². The zero-order valence-corrected chi connectivity index (χ0v) is 15.1. The number of aromatic nitrogens is 2. The Morgan fingerprint density at radius 2 is 1.88 bits per heavy atom. The lowest BCUT2D eigenvalue weighted by Gasteiger charge is -2.32. The first-order valence-corrected chi connectivity index (χ1v) is 8.77. The SMILES string of the molecule is CCN(c1cccc(C)c1)c1ncc(C(=O)N2CCN(C=O)CC2)cn1. The summed E-state index contributed by atoms with van der Waals surface area (Å²) in [6.07, 6.45) is 3.98. The van der Waals surface area contributed by atoms with E-state index in [4.69, 9.17) is 0 Å². The molecule has 1 aromatic carbocycles. The molecule has 2 aromatic rings. The molecule has 1 aromatic heterocycles. The van der Waals surface area contributed by atoms with Gasteiger partial charge in [-0.3, -0.25) is 9.59 Å². The molecule has 2 amide bonds. The maximum Gasteiger partial charge on any atom is 0.257 e. The van der Waals surface area contributed by atoms with Crippen molar-refractivity contribution in [3.05, 3.63) is 47.8 Å². The Morgan fingerprint density at radius 3 is 2.46 bits per heavy atom. The van der Waals surface area contributed by atoms with Crippen LogP contribution in [0.2, 0.25) is 0 Å². The number of amides is 2. The van der Waals surface area contributed by atoms with Crippen LogP contribution in [0.15, 0.2) is 36.7 Å². The molecule has 0 aliphatic carbocycles. The van der Waals surface area contributed by atoms with E-state index < -0.39 is 0 Å². The number of anilines is 2. The van der Waals surface area contributed by atoms with E-state index in [1.54, 1.807) is 22.2 Å². The third-order valence-corrected chi connectivity index (χ3v) is 4.51. The summed E-state index contributed by atoms with van der Waals surface area (Å²) in [5, 5.41) is 0. The zero-order chi connectivity index (χ0) is 18.5. The van der Waals surface area contributed by atoms with Gasteiger partial charge in [-0.15, -0.1) is 0 Å². The number of carbonyl (C=O) groups excluding carboxylic acids is 2. The summed E-state index contributed by atoms with van der Waals surface area (Å²) < 4.78 is 0. The van der Waals surface area contributed by atoms with Crippen LogP contribution in [0, 0.1) is 6.92 Å². The number of benzene rings is 1. The van der Waals surface area contributed by atoms with Crippen molar-refractivity contribution in [3.8, 4) is 0 Å². The molecule has 1 fully saturated rings. The van der Waals surface area contributed by atoms with Crippen molar-refractivity contribution >= 4 is 24.0 Å². The number of hydrogen-bond acceptors (Lipinski definition) is 5. The lowest BCUT2D eigenvalue weighted by Crippen LogP contribution is -2.48. The molecule has 136 valence electrons. The predicted molar refractivity (Wildman–Crippen MR) is 99.4 cm³/mol. The molecule has 1 saturated heterocycles. The van der Waals surface area contributed by atoms with Crippen molar-refractivity contribution in [2.45, 2.75) is 13.8 Å². The summed E-state index contributed by atoms with van der Waals surface area (Å²) in [6.45, 7) is 7.00. The third-order valence-electron chi connectivity index (χ3n) is 4.51. The standard InChI is InChI=1S/C19H23N5O2/c1-3-24(17-6-4-5-15(2)11-17)19-20-12-16(13-21-19)18(26)23-9-7-22(14-25)8-10-23/h4-6,11-14H,3,7-10H2,1-2H3. The van der Waals surface area contributed by atoms with Crippen LogP contribution >= 0.6 is 0 Å². The second-order valence-corrected chi connectivity index (χ2v) is 6.29. The van der Waals surface area contributed by atoms with Crippen LogP contribution in [0.1, 0.15) is 22.8 Å². The summed E-state index contributed by atoms with van der Waals surface area (Å²) in [6, 6.07) is 8.15. The Balaban J connectivity index is 1.73. The summed E-state index contributed by atoms with van der Waals surface area (Å²) in [5.74, 6) is 0.473. The van der Waals surface area contributed by atoms with E-state index in [0.717, 1.165) is 18.6 Å². The van der Waals surface area contributed by atoms with Crippen molar-refractivity contribution in [1.29, 1.82) is 0 Å². The molecule has 2 heterocycles. The number of rotatable bonds is 5. The summed E-state index contributed by atoms with van der Waals surface area (Å²) in [4.78, 5) is 37.6. The van der Waals surface area contributed by atoms with Crippen molar-refractivity contribution in [2.24, 2.45) is 0 Å². The fraction of sp³-hybridized carbons (Fsp3) is 0.368. The number of carbonyl (C=O) groups is 2. The minimum absolute atomic E-state index is 0.0966. The van der Waals surface area contributed by atoms with Gasteiger partial charge in [0.15, 0.2) is 0 Å². The maximum atomic E-state index is 12.6. The fourth-order valence-corrected chi connectivity index (χ4v) is 3.02. The van der Waals surface area contributed by atoms with Crippen molar-refractivity contribution in [1.82, 2.24) is 19.8 Å². The molecule has 0 unspecified atom stereocenters. The van der Waals surface area contributed by atoms with Crippen molar-refractivity contribution < 1.29 is 9.59 Å². The number of nitrogens with zero attached hydrogens (tertiary/aromatic N) is 5. The van der Waals surface area contributed by atoms with Crippen LogP contribution < -0.4 is 4.90 Å². The maximum absolute atomic E-state index is 12.6. The molecule has 0 spiro atoms. The van der Waals surface area contributed by atoms with E-state index in [2.05, 4.69) is 16.0 Å². The second kappa shape index (κ2) is 7.95. The van der Waals surface area contributed by atoms with Gasteiger partial charge >= 0.3 is 0 Å². The van der Waals surface area contributed by atoms with Gasteiger partial charge in [0.1, 0.15) is 0 Å². The van der Waals surface area contributed by atoms with Gasteiger partial charge in [-0.25, -0.2) is 9.97 Å². The molecule has 3 rings (SSSR count). The first kappa shape index (κ1) is 17.8. The Bertz CT molecular complexity index is 770. The molecule has 7 heteroatoms. The first-order chi connectivity index (χ1) is 12.6. The van der Waals surface area contributed by atoms with E-state index >= 15 is 0 Å². The molecular formula is C19H23N5O2. The molecule has 0 N–H and O–H groups in total. The van der Waals surface area contributed by atoms with Crippen LogP contribution in [-0.2, 0) is 4.79 Å². The predicted octanol–water partition coefficient (Wildman–Crippen LogP) is 1.86. The molecule has 7 nitrogen and oxygen atoms in total. The lowest BCUT2D eigenvalue weighted by molar-refractivity contribution is -0.119. The number of piperazine rings is 1. The molecule has 0 radical (unpaired) electrons. The number of hydrogen-bond donors (Lipinski definition) is 0. The normalized spacial score (nSPS) is 14.2. The van der Waals surface area contributed by atoms with Gasteiger partial charge in [0.2, 0.25) is 12.4 Å². The quantitative estimate of drug-likeness (QED) is 0.768. The van der Waals surface area contributed by atoms with Gasteiger partial charge in [0, 0.05) is 50.8 Å². The first-order valence-electron chi connectivity index (χ1n) is 8.77. The highest BCUT2D eigenvalue weighted by Crippen LogP contribution is 2.22. The van der Waals surface area contributed by atoms with E-state index in [0.29, 0.717) is 37.7 Å². The van der Waals surface area contributed by atoms with E-state index in [9.17, 15) is 9.59 Å². The van der Waals surface area contributed by atoms with E-state index in [1.807, 2.05) is 36.9 Å². The average Bonchev–Trinajstić information content (AvgIpc) is 2.69. The van der Waals surface area contributed by atoms with E-state index in [1.165, 1.54) is 5.56 Å². The molecule has 0 atom stereocenters. The van der Waals surface area contributed by atoms with Crippen LogP contribution in [0.5, 0.6) is 0 Å². The smallest absolute Gasteiger partial charge is 0.257 e. The molecule has 0 saturated carbocycles. The Morgan fingerprint density at radius 1 is 1.19 bits per heavy atom. The van der Waals surface area contributed by atoms with Crippen molar-refractivity contribution in [2.75, 3.05) is 37.6 Å².